The Balaban J connectivity index is 1.69. The van der Waals surface area contributed by atoms with Crippen molar-refractivity contribution >= 4 is 5.91 Å². The molecule has 3 rings (SSSR count). The first-order valence-corrected chi connectivity index (χ1v) is 10.1. The largest absolute Gasteiger partial charge is 0.349 e. The topological polar surface area (TPSA) is 49.3 Å². The lowest BCUT2D eigenvalue weighted by Crippen LogP contribution is -2.25. The lowest BCUT2D eigenvalue weighted by molar-refractivity contribution is -0.128. The van der Waals surface area contributed by atoms with E-state index in [0.29, 0.717) is 12.3 Å². The van der Waals surface area contributed by atoms with Crippen LogP contribution in [0.3, 0.4) is 0 Å². The highest BCUT2D eigenvalue weighted by atomic mass is 16.2. The van der Waals surface area contributed by atoms with Crippen molar-refractivity contribution in [2.24, 2.45) is 0 Å². The molecule has 0 aliphatic carbocycles. The van der Waals surface area contributed by atoms with Crippen molar-refractivity contribution in [3.05, 3.63) is 57.7 Å². The molecule has 1 unspecified atom stereocenters. The Morgan fingerprint density at radius 2 is 1.79 bits per heavy atom. The van der Waals surface area contributed by atoms with Gasteiger partial charge in [-0.15, -0.1) is 0 Å². The van der Waals surface area contributed by atoms with Crippen LogP contribution in [0.5, 0.6) is 0 Å². The lowest BCUT2D eigenvalue weighted by atomic mass is 10.0. The molecule has 1 aromatic heterocycles. The Bertz CT molecular complexity index is 852. The quantitative estimate of drug-likeness (QED) is 0.798. The average Bonchev–Trinajstić information content (AvgIpc) is 3.09. The number of nitrogens with zero attached hydrogens (tertiary/aromatic N) is 4. The molecule has 150 valence electrons. The zero-order valence-electron chi connectivity index (χ0n) is 18.0. The second-order valence-electron chi connectivity index (χ2n) is 8.34. The fourth-order valence-electron chi connectivity index (χ4n) is 3.86. The molecule has 1 amide bonds. The van der Waals surface area contributed by atoms with Gasteiger partial charge >= 0.3 is 0 Å². The number of amides is 1. The van der Waals surface area contributed by atoms with E-state index in [9.17, 15) is 4.79 Å². The van der Waals surface area contributed by atoms with Crippen molar-refractivity contribution in [2.75, 3.05) is 27.2 Å². The number of carbonyl (C=O) groups is 1. The smallest absolute Gasteiger partial charge is 0.226 e. The molecule has 1 saturated heterocycles. The van der Waals surface area contributed by atoms with E-state index in [1.165, 1.54) is 16.7 Å². The molecule has 2 aromatic rings. The van der Waals surface area contributed by atoms with E-state index in [2.05, 4.69) is 36.9 Å². The van der Waals surface area contributed by atoms with Crippen LogP contribution in [0.4, 0.5) is 0 Å². The van der Waals surface area contributed by atoms with Crippen molar-refractivity contribution in [2.45, 2.75) is 53.0 Å². The van der Waals surface area contributed by atoms with E-state index in [1.54, 1.807) is 19.0 Å². The summed E-state index contributed by atoms with van der Waals surface area (Å²) in [6.45, 7) is 11.4. The summed E-state index contributed by atoms with van der Waals surface area (Å²) < 4.78 is 0. The monoisotopic (exact) mass is 380 g/mol. The van der Waals surface area contributed by atoms with Crippen molar-refractivity contribution in [3.63, 3.8) is 0 Å². The van der Waals surface area contributed by atoms with Crippen LogP contribution in [0.25, 0.3) is 0 Å². The maximum atomic E-state index is 12.1. The van der Waals surface area contributed by atoms with Gasteiger partial charge in [-0.1, -0.05) is 18.2 Å². The van der Waals surface area contributed by atoms with Crippen molar-refractivity contribution < 1.29 is 4.79 Å². The normalized spacial score (nSPS) is 17.1. The first-order chi connectivity index (χ1) is 13.2. The van der Waals surface area contributed by atoms with Gasteiger partial charge in [0, 0.05) is 50.1 Å². The number of benzene rings is 1. The summed E-state index contributed by atoms with van der Waals surface area (Å²) in [5, 5.41) is 0. The summed E-state index contributed by atoms with van der Waals surface area (Å²) >= 11 is 0. The molecule has 28 heavy (non-hydrogen) atoms. The SMILES string of the molecule is Cc1ccc(CN2CCC(c3nc(C)c(CC(=O)N(C)C)c(C)n3)C2)cc1C. The maximum Gasteiger partial charge on any atom is 0.226 e. The van der Waals surface area contributed by atoms with Gasteiger partial charge in [0.05, 0.1) is 6.42 Å². The molecule has 1 aliphatic heterocycles. The molecule has 0 bridgehead atoms. The van der Waals surface area contributed by atoms with E-state index >= 15 is 0 Å². The lowest BCUT2D eigenvalue weighted by Gasteiger charge is -2.18. The molecule has 1 aliphatic rings. The van der Waals surface area contributed by atoms with Gasteiger partial charge in [-0.2, -0.15) is 0 Å². The van der Waals surface area contributed by atoms with E-state index in [-0.39, 0.29) is 5.91 Å². The first kappa shape index (κ1) is 20.5. The van der Waals surface area contributed by atoms with Crippen molar-refractivity contribution in [1.29, 1.82) is 0 Å². The minimum Gasteiger partial charge on any atom is -0.349 e. The molecular weight excluding hydrogens is 348 g/mol. The highest BCUT2D eigenvalue weighted by Gasteiger charge is 2.27. The first-order valence-electron chi connectivity index (χ1n) is 10.1. The molecule has 1 atom stereocenters. The van der Waals surface area contributed by atoms with Gasteiger partial charge in [-0.3, -0.25) is 9.69 Å². The molecule has 0 saturated carbocycles. The van der Waals surface area contributed by atoms with Crippen LogP contribution >= 0.6 is 0 Å². The van der Waals surface area contributed by atoms with Gasteiger partial charge in [-0.25, -0.2) is 9.97 Å². The highest BCUT2D eigenvalue weighted by Crippen LogP contribution is 2.27. The Morgan fingerprint density at radius 1 is 1.11 bits per heavy atom. The van der Waals surface area contributed by atoms with Gasteiger partial charge in [0.2, 0.25) is 5.91 Å². The molecule has 1 fully saturated rings. The number of likely N-dealkylation sites (tertiary alicyclic amines) is 1. The minimum atomic E-state index is 0.0861. The summed E-state index contributed by atoms with van der Waals surface area (Å²) in [5.41, 5.74) is 6.90. The van der Waals surface area contributed by atoms with Gasteiger partial charge in [0.25, 0.3) is 0 Å². The minimum absolute atomic E-state index is 0.0861. The molecule has 2 heterocycles. The Morgan fingerprint density at radius 3 is 2.39 bits per heavy atom. The van der Waals surface area contributed by atoms with Gasteiger partial charge in [0.1, 0.15) is 5.82 Å². The number of likely N-dealkylation sites (N-methyl/N-ethyl adjacent to an activating group) is 1. The van der Waals surface area contributed by atoms with E-state index in [0.717, 1.165) is 48.8 Å². The van der Waals surface area contributed by atoms with Crippen LogP contribution in [-0.4, -0.2) is 52.9 Å². The highest BCUT2D eigenvalue weighted by molar-refractivity contribution is 5.78. The zero-order valence-corrected chi connectivity index (χ0v) is 18.0. The second kappa shape index (κ2) is 8.39. The third-order valence-corrected chi connectivity index (χ3v) is 5.88. The predicted molar refractivity (Wildman–Crippen MR) is 112 cm³/mol. The van der Waals surface area contributed by atoms with E-state index in [1.807, 2.05) is 13.8 Å². The number of hydrogen-bond acceptors (Lipinski definition) is 4. The average molecular weight is 381 g/mol. The maximum absolute atomic E-state index is 12.1. The third-order valence-electron chi connectivity index (χ3n) is 5.88. The zero-order chi connectivity index (χ0) is 20.4. The number of aromatic nitrogens is 2. The van der Waals surface area contributed by atoms with Crippen molar-refractivity contribution in [1.82, 2.24) is 19.8 Å². The van der Waals surface area contributed by atoms with Crippen LogP contribution in [-0.2, 0) is 17.8 Å². The molecule has 0 N–H and O–H groups in total. The fraction of sp³-hybridized carbons (Fsp3) is 0.522. The standard InChI is InChI=1S/C23H32N4O/c1-15-7-8-19(11-16(15)2)13-27-10-9-20(14-27)23-24-17(3)21(18(4)25-23)12-22(28)26(5)6/h7-8,11,20H,9-10,12-14H2,1-6H3. The van der Waals surface area contributed by atoms with Gasteiger partial charge < -0.3 is 4.90 Å². The molecular formula is C23H32N4O. The summed E-state index contributed by atoms with van der Waals surface area (Å²) in [5.74, 6) is 1.38. The van der Waals surface area contributed by atoms with Gasteiger partial charge in [0.15, 0.2) is 0 Å². The summed E-state index contributed by atoms with van der Waals surface area (Å²) in [6, 6.07) is 6.74. The van der Waals surface area contributed by atoms with E-state index < -0.39 is 0 Å². The third kappa shape index (κ3) is 4.58. The van der Waals surface area contributed by atoms with Crippen LogP contribution in [0.15, 0.2) is 18.2 Å². The second-order valence-corrected chi connectivity index (χ2v) is 8.34. The molecule has 0 radical (unpaired) electrons. The summed E-state index contributed by atoms with van der Waals surface area (Å²) in [4.78, 5) is 25.8. The molecule has 5 nitrogen and oxygen atoms in total. The Kier molecular flexibility index (Phi) is 6.14. The predicted octanol–water partition coefficient (Wildman–Crippen LogP) is 3.33. The van der Waals surface area contributed by atoms with Crippen LogP contribution in [0.2, 0.25) is 0 Å². The Hall–Kier alpha value is -2.27. The van der Waals surface area contributed by atoms with Gasteiger partial charge in [-0.05, 0) is 57.4 Å². The van der Waals surface area contributed by atoms with Crippen LogP contribution < -0.4 is 0 Å². The molecule has 5 heteroatoms. The van der Waals surface area contributed by atoms with E-state index in [4.69, 9.17) is 9.97 Å². The van der Waals surface area contributed by atoms with Crippen LogP contribution in [0, 0.1) is 27.7 Å². The van der Waals surface area contributed by atoms with Crippen molar-refractivity contribution in [3.8, 4) is 0 Å². The number of aryl methyl sites for hydroxylation is 4. The summed E-state index contributed by atoms with van der Waals surface area (Å²) in [6.07, 6.45) is 1.45. The molecule has 0 spiro atoms. The number of carbonyl (C=O) groups excluding carboxylic acids is 1. The Labute approximate surface area is 168 Å². The summed E-state index contributed by atoms with van der Waals surface area (Å²) in [7, 11) is 3.57. The number of rotatable bonds is 5. The van der Waals surface area contributed by atoms with Crippen LogP contribution in [0.1, 0.15) is 51.8 Å². The number of hydrogen-bond donors (Lipinski definition) is 0. The fourth-order valence-corrected chi connectivity index (χ4v) is 3.86. The molecule has 1 aromatic carbocycles.